The van der Waals surface area contributed by atoms with Crippen LogP contribution in [0.15, 0.2) is 42.5 Å². The van der Waals surface area contributed by atoms with E-state index >= 15 is 0 Å². The van der Waals surface area contributed by atoms with Crippen LogP contribution in [0.1, 0.15) is 27.9 Å². The molecule has 0 spiro atoms. The number of aryl methyl sites for hydroxylation is 2. The minimum absolute atomic E-state index is 0.104. The zero-order valence-corrected chi connectivity index (χ0v) is 15.6. The smallest absolute Gasteiger partial charge is 0.328 e. The van der Waals surface area contributed by atoms with Gasteiger partial charge in [-0.1, -0.05) is 29.8 Å². The van der Waals surface area contributed by atoms with Crippen molar-refractivity contribution in [1.82, 2.24) is 4.90 Å². The molecular weight excluding hydrogens is 349 g/mol. The van der Waals surface area contributed by atoms with Gasteiger partial charge in [0.2, 0.25) is 0 Å². The Morgan fingerprint density at radius 1 is 1.15 bits per heavy atom. The van der Waals surface area contributed by atoms with Crippen molar-refractivity contribution < 1.29 is 23.5 Å². The molecule has 0 bridgehead atoms. The van der Waals surface area contributed by atoms with E-state index in [0.29, 0.717) is 5.56 Å². The van der Waals surface area contributed by atoms with Crippen LogP contribution in [0.3, 0.4) is 0 Å². The standard InChI is InChI=1S/C21H22FNO4/c1-13-8-9-16(14(2)10-13)20(24)23-12-15(11-18(23)21(25)26-3)27-19-7-5-4-6-17(19)22/h4-10,15,18H,11-12H2,1-3H3. The van der Waals surface area contributed by atoms with Crippen molar-refractivity contribution in [3.05, 3.63) is 65.0 Å². The first-order chi connectivity index (χ1) is 12.9. The number of esters is 1. The van der Waals surface area contributed by atoms with E-state index in [0.717, 1.165) is 11.1 Å². The molecule has 3 rings (SSSR count). The van der Waals surface area contributed by atoms with E-state index in [1.807, 2.05) is 26.0 Å². The van der Waals surface area contributed by atoms with Crippen molar-refractivity contribution in [3.8, 4) is 5.75 Å². The average Bonchev–Trinajstić information content (AvgIpc) is 3.06. The molecule has 142 valence electrons. The van der Waals surface area contributed by atoms with E-state index < -0.39 is 23.9 Å². The minimum Gasteiger partial charge on any atom is -0.485 e. The summed E-state index contributed by atoms with van der Waals surface area (Å²) in [5.41, 5.74) is 2.42. The van der Waals surface area contributed by atoms with E-state index in [1.165, 1.54) is 24.1 Å². The van der Waals surface area contributed by atoms with Crippen LogP contribution >= 0.6 is 0 Å². The minimum atomic E-state index is -0.764. The van der Waals surface area contributed by atoms with Gasteiger partial charge in [-0.3, -0.25) is 4.79 Å². The molecule has 1 heterocycles. The van der Waals surface area contributed by atoms with Gasteiger partial charge in [-0.15, -0.1) is 0 Å². The van der Waals surface area contributed by atoms with Crippen molar-refractivity contribution in [2.24, 2.45) is 0 Å². The molecule has 1 aliphatic heterocycles. The number of ether oxygens (including phenoxy) is 2. The molecule has 2 unspecified atom stereocenters. The molecule has 1 amide bonds. The molecule has 6 heteroatoms. The quantitative estimate of drug-likeness (QED) is 0.774. The number of carbonyl (C=O) groups is 2. The highest BCUT2D eigenvalue weighted by Crippen LogP contribution is 2.27. The van der Waals surface area contributed by atoms with Crippen molar-refractivity contribution in [2.75, 3.05) is 13.7 Å². The normalized spacial score (nSPS) is 19.0. The monoisotopic (exact) mass is 371 g/mol. The second-order valence-corrected chi connectivity index (χ2v) is 6.72. The van der Waals surface area contributed by atoms with E-state index in [2.05, 4.69) is 0 Å². The lowest BCUT2D eigenvalue weighted by Gasteiger charge is -2.23. The van der Waals surface area contributed by atoms with Gasteiger partial charge in [0.15, 0.2) is 11.6 Å². The first-order valence-electron chi connectivity index (χ1n) is 8.78. The molecule has 1 saturated heterocycles. The number of amides is 1. The summed E-state index contributed by atoms with van der Waals surface area (Å²) in [6, 6.07) is 10.8. The maximum absolute atomic E-state index is 13.9. The predicted octanol–water partition coefficient (Wildman–Crippen LogP) is 3.28. The number of methoxy groups -OCH3 is 1. The lowest BCUT2D eigenvalue weighted by molar-refractivity contribution is -0.145. The Labute approximate surface area is 157 Å². The van der Waals surface area contributed by atoms with Crippen LogP contribution in [-0.4, -0.2) is 42.6 Å². The molecule has 0 aliphatic carbocycles. The Morgan fingerprint density at radius 3 is 2.56 bits per heavy atom. The van der Waals surface area contributed by atoms with Gasteiger partial charge in [-0.25, -0.2) is 9.18 Å². The number of likely N-dealkylation sites (tertiary alicyclic amines) is 1. The third-order valence-corrected chi connectivity index (χ3v) is 4.74. The molecule has 2 aromatic carbocycles. The number of rotatable bonds is 4. The number of para-hydroxylation sites is 1. The fraction of sp³-hybridized carbons (Fsp3) is 0.333. The molecular formula is C21H22FNO4. The molecule has 0 radical (unpaired) electrons. The van der Waals surface area contributed by atoms with Gasteiger partial charge in [0.1, 0.15) is 12.1 Å². The second kappa shape index (κ2) is 7.78. The van der Waals surface area contributed by atoms with Gasteiger partial charge in [0.25, 0.3) is 5.91 Å². The maximum Gasteiger partial charge on any atom is 0.328 e. The zero-order chi connectivity index (χ0) is 19.6. The summed E-state index contributed by atoms with van der Waals surface area (Å²) >= 11 is 0. The van der Waals surface area contributed by atoms with E-state index in [-0.39, 0.29) is 24.6 Å². The Balaban J connectivity index is 1.84. The highest BCUT2D eigenvalue weighted by Gasteiger charge is 2.42. The maximum atomic E-state index is 13.9. The molecule has 1 fully saturated rings. The summed E-state index contributed by atoms with van der Waals surface area (Å²) in [6.07, 6.45) is -0.252. The van der Waals surface area contributed by atoms with Gasteiger partial charge in [0.05, 0.1) is 13.7 Å². The SMILES string of the molecule is COC(=O)C1CC(Oc2ccccc2F)CN1C(=O)c1ccc(C)cc1C. The highest BCUT2D eigenvalue weighted by atomic mass is 19.1. The summed E-state index contributed by atoms with van der Waals surface area (Å²) in [7, 11) is 1.28. The summed E-state index contributed by atoms with van der Waals surface area (Å²) in [5.74, 6) is -1.14. The molecule has 2 atom stereocenters. The van der Waals surface area contributed by atoms with Crippen molar-refractivity contribution >= 4 is 11.9 Å². The molecule has 27 heavy (non-hydrogen) atoms. The highest BCUT2D eigenvalue weighted by molar-refractivity contribution is 5.98. The number of hydrogen-bond acceptors (Lipinski definition) is 4. The van der Waals surface area contributed by atoms with Crippen LogP contribution in [0, 0.1) is 19.7 Å². The molecule has 2 aromatic rings. The fourth-order valence-electron chi connectivity index (χ4n) is 3.39. The summed E-state index contributed by atoms with van der Waals surface area (Å²) in [4.78, 5) is 26.7. The van der Waals surface area contributed by atoms with Crippen molar-refractivity contribution in [1.29, 1.82) is 0 Å². The van der Waals surface area contributed by atoms with Gasteiger partial charge in [0, 0.05) is 12.0 Å². The van der Waals surface area contributed by atoms with Crippen LogP contribution in [-0.2, 0) is 9.53 Å². The lowest BCUT2D eigenvalue weighted by atomic mass is 10.0. The topological polar surface area (TPSA) is 55.8 Å². The Kier molecular flexibility index (Phi) is 5.44. The number of nitrogens with zero attached hydrogens (tertiary/aromatic N) is 1. The van der Waals surface area contributed by atoms with E-state index in [4.69, 9.17) is 9.47 Å². The van der Waals surface area contributed by atoms with E-state index in [1.54, 1.807) is 18.2 Å². The Bertz CT molecular complexity index is 867. The number of hydrogen-bond donors (Lipinski definition) is 0. The summed E-state index contributed by atoms with van der Waals surface area (Å²) < 4.78 is 24.5. The first kappa shape index (κ1) is 18.9. The van der Waals surface area contributed by atoms with Crippen LogP contribution in [0.2, 0.25) is 0 Å². The molecule has 0 aromatic heterocycles. The molecule has 0 saturated carbocycles. The third-order valence-electron chi connectivity index (χ3n) is 4.74. The van der Waals surface area contributed by atoms with Gasteiger partial charge >= 0.3 is 5.97 Å². The first-order valence-corrected chi connectivity index (χ1v) is 8.78. The van der Waals surface area contributed by atoms with Gasteiger partial charge < -0.3 is 14.4 Å². The summed E-state index contributed by atoms with van der Waals surface area (Å²) in [6.45, 7) is 3.99. The zero-order valence-electron chi connectivity index (χ0n) is 15.6. The lowest BCUT2D eigenvalue weighted by Crippen LogP contribution is -2.41. The third kappa shape index (κ3) is 3.94. The number of halogens is 1. The number of benzene rings is 2. The predicted molar refractivity (Wildman–Crippen MR) is 98.2 cm³/mol. The average molecular weight is 371 g/mol. The van der Waals surface area contributed by atoms with Crippen LogP contribution < -0.4 is 4.74 Å². The molecule has 5 nitrogen and oxygen atoms in total. The van der Waals surface area contributed by atoms with Gasteiger partial charge in [-0.05, 0) is 37.6 Å². The van der Waals surface area contributed by atoms with E-state index in [9.17, 15) is 14.0 Å². The molecule has 0 N–H and O–H groups in total. The van der Waals surface area contributed by atoms with Crippen LogP contribution in [0.25, 0.3) is 0 Å². The van der Waals surface area contributed by atoms with Gasteiger partial charge in [-0.2, -0.15) is 0 Å². The number of carbonyl (C=O) groups excluding carboxylic acids is 2. The van der Waals surface area contributed by atoms with Crippen LogP contribution in [0.5, 0.6) is 5.75 Å². The molecule has 1 aliphatic rings. The summed E-state index contributed by atoms with van der Waals surface area (Å²) in [5, 5.41) is 0. The largest absolute Gasteiger partial charge is 0.485 e. The van der Waals surface area contributed by atoms with Crippen molar-refractivity contribution in [2.45, 2.75) is 32.4 Å². The Morgan fingerprint density at radius 2 is 1.89 bits per heavy atom. The second-order valence-electron chi connectivity index (χ2n) is 6.72. The fourth-order valence-corrected chi connectivity index (χ4v) is 3.39. The Hall–Kier alpha value is -2.89. The van der Waals surface area contributed by atoms with Crippen molar-refractivity contribution in [3.63, 3.8) is 0 Å². The van der Waals surface area contributed by atoms with Crippen LogP contribution in [0.4, 0.5) is 4.39 Å².